The van der Waals surface area contributed by atoms with Crippen LogP contribution >= 0.6 is 11.8 Å². The van der Waals surface area contributed by atoms with Gasteiger partial charge in [-0.15, -0.1) is 0 Å². The minimum absolute atomic E-state index is 0.00283. The average molecular weight is 443 g/mol. The van der Waals surface area contributed by atoms with E-state index in [9.17, 15) is 8.78 Å². The first-order valence-electron chi connectivity index (χ1n) is 10.1. The Hall–Kier alpha value is -2.87. The number of fused-ring (bicyclic) bond motifs is 7. The predicted molar refractivity (Wildman–Crippen MR) is 122 cm³/mol. The Balaban J connectivity index is 1.77. The van der Waals surface area contributed by atoms with E-state index in [-0.39, 0.29) is 17.7 Å². The molecular weight excluding hydrogens is 418 g/mol. The molecule has 2 heterocycles. The highest BCUT2D eigenvalue weighted by Gasteiger charge is 2.14. The van der Waals surface area contributed by atoms with Gasteiger partial charge >= 0.3 is 0 Å². The summed E-state index contributed by atoms with van der Waals surface area (Å²) >= 11 is 1.72. The molecule has 0 amide bonds. The molecule has 8 heteroatoms. The van der Waals surface area contributed by atoms with Crippen molar-refractivity contribution < 1.29 is 13.5 Å². The standard InChI is InChI=1S/C23H24F2N4OS/c1-14-4-3-7-26-21-10-16(5-6-19(21)24)22-20(25)12-27-23(29-22)28-17-8-15(13-31-2)9-18(11-17)30-14/h5-6,8-12,14,26H,3-4,7,13H2,1-2H3,(H,27,28,29)/t14-/m1/s1. The van der Waals surface area contributed by atoms with Gasteiger partial charge in [0, 0.05) is 29.6 Å². The first-order valence-corrected chi connectivity index (χ1v) is 11.5. The molecule has 0 spiro atoms. The predicted octanol–water partition coefficient (Wildman–Crippen LogP) is 6.00. The molecule has 0 radical (unpaired) electrons. The van der Waals surface area contributed by atoms with Crippen LogP contribution in [0.4, 0.5) is 26.1 Å². The van der Waals surface area contributed by atoms with Crippen molar-refractivity contribution in [2.24, 2.45) is 0 Å². The number of hydrogen-bond acceptors (Lipinski definition) is 6. The number of hydrogen-bond donors (Lipinski definition) is 2. The summed E-state index contributed by atoms with van der Waals surface area (Å²) in [6.45, 7) is 2.60. The lowest BCUT2D eigenvalue weighted by Gasteiger charge is -2.18. The van der Waals surface area contributed by atoms with Crippen molar-refractivity contribution in [3.63, 3.8) is 0 Å². The topological polar surface area (TPSA) is 59.1 Å². The summed E-state index contributed by atoms with van der Waals surface area (Å²) in [6, 6.07) is 10.3. The maximum absolute atomic E-state index is 14.5. The summed E-state index contributed by atoms with van der Waals surface area (Å²) in [7, 11) is 0. The maximum Gasteiger partial charge on any atom is 0.227 e. The van der Waals surface area contributed by atoms with Crippen molar-refractivity contribution in [1.29, 1.82) is 0 Å². The zero-order chi connectivity index (χ0) is 21.8. The molecule has 0 unspecified atom stereocenters. The fourth-order valence-corrected chi connectivity index (χ4v) is 4.02. The average Bonchev–Trinajstić information content (AvgIpc) is 2.73. The molecule has 0 fully saturated rings. The Kier molecular flexibility index (Phi) is 6.56. The quantitative estimate of drug-likeness (QED) is 0.508. The van der Waals surface area contributed by atoms with Crippen LogP contribution in [-0.4, -0.2) is 28.9 Å². The third-order valence-corrected chi connectivity index (χ3v) is 5.58. The summed E-state index contributed by atoms with van der Waals surface area (Å²) in [5, 5.41) is 6.26. The molecule has 2 aromatic carbocycles. The Morgan fingerprint density at radius 1 is 1.16 bits per heavy atom. The molecule has 31 heavy (non-hydrogen) atoms. The van der Waals surface area contributed by atoms with Gasteiger partial charge in [0.1, 0.15) is 17.3 Å². The number of nitrogens with one attached hydrogen (secondary N) is 2. The fraction of sp³-hybridized carbons (Fsp3) is 0.304. The molecule has 6 bridgehead atoms. The number of rotatable bonds is 2. The van der Waals surface area contributed by atoms with E-state index in [2.05, 4.69) is 20.6 Å². The van der Waals surface area contributed by atoms with E-state index in [0.717, 1.165) is 41.8 Å². The van der Waals surface area contributed by atoms with Crippen molar-refractivity contribution in [2.45, 2.75) is 31.6 Å². The van der Waals surface area contributed by atoms with Crippen LogP contribution in [0.2, 0.25) is 0 Å². The molecule has 0 saturated heterocycles. The first-order chi connectivity index (χ1) is 15.0. The first kappa shape index (κ1) is 21.4. The van der Waals surface area contributed by atoms with Crippen LogP contribution in [0, 0.1) is 11.6 Å². The Morgan fingerprint density at radius 2 is 2.03 bits per heavy atom. The zero-order valence-corrected chi connectivity index (χ0v) is 18.2. The number of benzene rings is 2. The Labute approximate surface area is 184 Å². The van der Waals surface area contributed by atoms with Gasteiger partial charge in [-0.3, -0.25) is 0 Å². The third-order valence-electron chi connectivity index (χ3n) is 4.96. The van der Waals surface area contributed by atoms with Crippen LogP contribution in [0.25, 0.3) is 11.3 Å². The van der Waals surface area contributed by atoms with Gasteiger partial charge in [0.05, 0.1) is 18.0 Å². The van der Waals surface area contributed by atoms with E-state index in [4.69, 9.17) is 4.74 Å². The van der Waals surface area contributed by atoms with Gasteiger partial charge < -0.3 is 15.4 Å². The van der Waals surface area contributed by atoms with E-state index < -0.39 is 11.6 Å². The number of ether oxygens (including phenoxy) is 1. The third kappa shape index (κ3) is 5.25. The van der Waals surface area contributed by atoms with Crippen LogP contribution in [0.1, 0.15) is 25.3 Å². The van der Waals surface area contributed by atoms with Gasteiger partial charge in [-0.1, -0.05) is 0 Å². The fourth-order valence-electron chi connectivity index (χ4n) is 3.52. The van der Waals surface area contributed by atoms with Gasteiger partial charge in [-0.2, -0.15) is 11.8 Å². The molecule has 0 saturated carbocycles. The van der Waals surface area contributed by atoms with E-state index >= 15 is 0 Å². The molecule has 4 rings (SSSR count). The zero-order valence-electron chi connectivity index (χ0n) is 17.4. The Morgan fingerprint density at radius 3 is 2.87 bits per heavy atom. The number of anilines is 3. The maximum atomic E-state index is 14.5. The minimum Gasteiger partial charge on any atom is -0.491 e. The van der Waals surface area contributed by atoms with Gasteiger partial charge in [0.25, 0.3) is 0 Å². The molecule has 5 nitrogen and oxygen atoms in total. The monoisotopic (exact) mass is 442 g/mol. The van der Waals surface area contributed by atoms with Crippen LogP contribution in [0.3, 0.4) is 0 Å². The second kappa shape index (κ2) is 9.51. The SMILES string of the molecule is CSCc1cc2cc(c1)O[C@H](C)CCCNc1cc(ccc1F)-c1nc(ncc1F)N2. The summed E-state index contributed by atoms with van der Waals surface area (Å²) in [6.07, 6.45) is 4.76. The van der Waals surface area contributed by atoms with Crippen molar-refractivity contribution in [2.75, 3.05) is 23.4 Å². The largest absolute Gasteiger partial charge is 0.491 e. The summed E-state index contributed by atoms with van der Waals surface area (Å²) in [5.74, 6) is 0.872. The van der Waals surface area contributed by atoms with Crippen LogP contribution in [-0.2, 0) is 5.75 Å². The van der Waals surface area contributed by atoms with Crippen LogP contribution in [0.15, 0.2) is 42.6 Å². The smallest absolute Gasteiger partial charge is 0.227 e. The molecular formula is C23H24F2N4OS. The second-order valence-corrected chi connectivity index (χ2v) is 8.37. The van der Waals surface area contributed by atoms with E-state index in [1.165, 1.54) is 12.1 Å². The summed E-state index contributed by atoms with van der Waals surface area (Å²) in [5.41, 5.74) is 2.77. The molecule has 1 atom stereocenters. The number of halogens is 2. The molecule has 1 aliphatic rings. The van der Waals surface area contributed by atoms with Crippen molar-refractivity contribution >= 4 is 29.1 Å². The van der Waals surface area contributed by atoms with Crippen molar-refractivity contribution in [3.05, 3.63) is 59.8 Å². The lowest BCUT2D eigenvalue weighted by molar-refractivity contribution is 0.209. The van der Waals surface area contributed by atoms with Crippen molar-refractivity contribution in [1.82, 2.24) is 9.97 Å². The normalized spacial score (nSPS) is 16.1. The van der Waals surface area contributed by atoms with Crippen LogP contribution in [0.5, 0.6) is 5.75 Å². The minimum atomic E-state index is -0.571. The van der Waals surface area contributed by atoms with E-state index in [1.807, 2.05) is 31.4 Å². The summed E-state index contributed by atoms with van der Waals surface area (Å²) in [4.78, 5) is 8.44. The molecule has 0 aliphatic carbocycles. The highest BCUT2D eigenvalue weighted by Crippen LogP contribution is 2.29. The molecule has 1 aliphatic heterocycles. The molecule has 1 aromatic heterocycles. The number of aromatic nitrogens is 2. The van der Waals surface area contributed by atoms with E-state index in [1.54, 1.807) is 17.8 Å². The lowest BCUT2D eigenvalue weighted by Crippen LogP contribution is -2.14. The second-order valence-electron chi connectivity index (χ2n) is 7.51. The van der Waals surface area contributed by atoms with Gasteiger partial charge in [0.2, 0.25) is 5.95 Å². The lowest BCUT2D eigenvalue weighted by atomic mass is 10.1. The number of thioether (sulfide) groups is 1. The van der Waals surface area contributed by atoms with Gasteiger partial charge in [-0.05, 0) is 61.9 Å². The number of nitrogens with zero attached hydrogens (tertiary/aromatic N) is 2. The molecule has 162 valence electrons. The van der Waals surface area contributed by atoms with Crippen molar-refractivity contribution in [3.8, 4) is 17.0 Å². The highest BCUT2D eigenvalue weighted by atomic mass is 32.2. The van der Waals surface area contributed by atoms with Gasteiger partial charge in [0.15, 0.2) is 5.82 Å². The molecule has 3 aromatic rings. The van der Waals surface area contributed by atoms with Gasteiger partial charge in [-0.25, -0.2) is 18.7 Å². The van der Waals surface area contributed by atoms with E-state index in [0.29, 0.717) is 17.8 Å². The Bertz CT molecular complexity index is 1080. The summed E-state index contributed by atoms with van der Waals surface area (Å²) < 4.78 is 34.9. The molecule has 2 N–H and O–H groups in total. The highest BCUT2D eigenvalue weighted by molar-refractivity contribution is 7.97. The van der Waals surface area contributed by atoms with Crippen LogP contribution < -0.4 is 15.4 Å².